The molecule has 0 aromatic carbocycles. The summed E-state index contributed by atoms with van der Waals surface area (Å²) in [6.07, 6.45) is 7.84. The summed E-state index contributed by atoms with van der Waals surface area (Å²) in [4.78, 5) is 27.7. The first kappa shape index (κ1) is 17.1. The molecule has 0 aliphatic carbocycles. The smallest absolute Gasteiger partial charge is 0.253 e. The molecule has 0 atom stereocenters. The molecule has 27 heavy (non-hydrogen) atoms. The first-order chi connectivity index (χ1) is 13.2. The van der Waals surface area contributed by atoms with Crippen LogP contribution in [0.3, 0.4) is 0 Å². The van der Waals surface area contributed by atoms with Gasteiger partial charge in [-0.25, -0.2) is 4.98 Å². The Kier molecular flexibility index (Phi) is 4.78. The molecule has 1 aliphatic heterocycles. The van der Waals surface area contributed by atoms with Crippen LogP contribution >= 0.6 is 0 Å². The number of nitrogens with one attached hydrogen (secondary N) is 1. The van der Waals surface area contributed by atoms with Crippen LogP contribution in [-0.4, -0.2) is 27.4 Å². The van der Waals surface area contributed by atoms with Crippen molar-refractivity contribution in [1.29, 1.82) is 0 Å². The SMILES string of the molecule is Cc1cc(C(=O)NCc2ccncc2)cnc1N1CCc2ncccc2C1. The van der Waals surface area contributed by atoms with E-state index < -0.39 is 0 Å². The van der Waals surface area contributed by atoms with E-state index in [0.717, 1.165) is 36.5 Å². The Balaban J connectivity index is 1.46. The summed E-state index contributed by atoms with van der Waals surface area (Å²) in [5.41, 5.74) is 4.99. The summed E-state index contributed by atoms with van der Waals surface area (Å²) < 4.78 is 0. The molecule has 4 rings (SSSR count). The molecule has 0 unspecified atom stereocenters. The highest BCUT2D eigenvalue weighted by Gasteiger charge is 2.20. The van der Waals surface area contributed by atoms with Crippen molar-refractivity contribution in [3.63, 3.8) is 0 Å². The molecule has 1 aliphatic rings. The number of aryl methyl sites for hydroxylation is 1. The van der Waals surface area contributed by atoms with Crippen molar-refractivity contribution < 1.29 is 4.79 Å². The van der Waals surface area contributed by atoms with Crippen molar-refractivity contribution >= 4 is 11.7 Å². The summed E-state index contributed by atoms with van der Waals surface area (Å²) in [5.74, 6) is 0.803. The molecule has 3 aromatic rings. The number of pyridine rings is 3. The lowest BCUT2D eigenvalue weighted by Crippen LogP contribution is -2.32. The number of carbonyl (C=O) groups is 1. The molecule has 1 N–H and O–H groups in total. The summed E-state index contributed by atoms with van der Waals surface area (Å²) in [6.45, 7) is 4.15. The molecular weight excluding hydrogens is 338 g/mol. The number of hydrogen-bond donors (Lipinski definition) is 1. The summed E-state index contributed by atoms with van der Waals surface area (Å²) in [6, 6.07) is 9.76. The number of amides is 1. The second kappa shape index (κ2) is 7.53. The van der Waals surface area contributed by atoms with Crippen LogP contribution in [0.5, 0.6) is 0 Å². The minimum Gasteiger partial charge on any atom is -0.352 e. The van der Waals surface area contributed by atoms with Crippen LogP contribution in [0, 0.1) is 6.92 Å². The van der Waals surface area contributed by atoms with Crippen LogP contribution < -0.4 is 10.2 Å². The van der Waals surface area contributed by atoms with Gasteiger partial charge in [-0.2, -0.15) is 0 Å². The highest BCUT2D eigenvalue weighted by Crippen LogP contribution is 2.24. The normalized spacial score (nSPS) is 13.1. The largest absolute Gasteiger partial charge is 0.352 e. The summed E-state index contributed by atoms with van der Waals surface area (Å²) in [5, 5.41) is 2.93. The van der Waals surface area contributed by atoms with Crippen LogP contribution in [0.15, 0.2) is 55.1 Å². The van der Waals surface area contributed by atoms with Gasteiger partial charge in [0, 0.05) is 56.5 Å². The standard InChI is InChI=1S/C21H21N5O/c1-15-11-18(21(27)25-12-16-4-8-22-9-5-16)13-24-20(15)26-10-6-19-17(14-26)3-2-7-23-19/h2-5,7-9,11,13H,6,10,12,14H2,1H3,(H,25,27). The van der Waals surface area contributed by atoms with E-state index in [1.54, 1.807) is 18.6 Å². The molecule has 3 aromatic heterocycles. The van der Waals surface area contributed by atoms with Gasteiger partial charge < -0.3 is 10.2 Å². The second-order valence-electron chi connectivity index (χ2n) is 6.68. The van der Waals surface area contributed by atoms with Crippen molar-refractivity contribution in [2.75, 3.05) is 11.4 Å². The number of nitrogens with zero attached hydrogens (tertiary/aromatic N) is 4. The highest BCUT2D eigenvalue weighted by atomic mass is 16.1. The maximum Gasteiger partial charge on any atom is 0.253 e. The molecule has 0 fully saturated rings. The van der Waals surface area contributed by atoms with Gasteiger partial charge in [-0.15, -0.1) is 0 Å². The van der Waals surface area contributed by atoms with Crippen LogP contribution in [-0.2, 0) is 19.5 Å². The first-order valence-corrected chi connectivity index (χ1v) is 9.02. The maximum absolute atomic E-state index is 12.4. The summed E-state index contributed by atoms with van der Waals surface area (Å²) in [7, 11) is 0. The fraction of sp³-hybridized carbons (Fsp3) is 0.238. The van der Waals surface area contributed by atoms with Crippen molar-refractivity contribution in [2.45, 2.75) is 26.4 Å². The number of carbonyl (C=O) groups excluding carboxylic acids is 1. The maximum atomic E-state index is 12.4. The quantitative estimate of drug-likeness (QED) is 0.775. The predicted molar refractivity (Wildman–Crippen MR) is 103 cm³/mol. The molecule has 0 spiro atoms. The third-order valence-electron chi connectivity index (χ3n) is 4.78. The van der Waals surface area contributed by atoms with Crippen LogP contribution in [0.25, 0.3) is 0 Å². The van der Waals surface area contributed by atoms with E-state index in [9.17, 15) is 4.79 Å². The molecule has 6 heteroatoms. The van der Waals surface area contributed by atoms with Gasteiger partial charge in [0.15, 0.2) is 0 Å². The topological polar surface area (TPSA) is 71.0 Å². The number of fused-ring (bicyclic) bond motifs is 1. The van der Waals surface area contributed by atoms with Gasteiger partial charge >= 0.3 is 0 Å². The zero-order valence-electron chi connectivity index (χ0n) is 15.2. The number of hydrogen-bond acceptors (Lipinski definition) is 5. The lowest BCUT2D eigenvalue weighted by molar-refractivity contribution is 0.0950. The second-order valence-corrected chi connectivity index (χ2v) is 6.68. The Hall–Kier alpha value is -3.28. The van der Waals surface area contributed by atoms with Gasteiger partial charge in [0.25, 0.3) is 5.91 Å². The van der Waals surface area contributed by atoms with E-state index in [-0.39, 0.29) is 5.91 Å². The van der Waals surface area contributed by atoms with Crippen molar-refractivity contribution in [3.8, 4) is 0 Å². The van der Waals surface area contributed by atoms with E-state index >= 15 is 0 Å². The summed E-state index contributed by atoms with van der Waals surface area (Å²) >= 11 is 0. The average molecular weight is 359 g/mol. The fourth-order valence-electron chi connectivity index (χ4n) is 3.35. The number of aromatic nitrogens is 3. The minimum absolute atomic E-state index is 0.123. The third-order valence-corrected chi connectivity index (χ3v) is 4.78. The lowest BCUT2D eigenvalue weighted by Gasteiger charge is -2.30. The van der Waals surface area contributed by atoms with Crippen LogP contribution in [0.2, 0.25) is 0 Å². The molecular formula is C21H21N5O. The Labute approximate surface area is 158 Å². The lowest BCUT2D eigenvalue weighted by atomic mass is 10.0. The molecule has 0 saturated carbocycles. The Bertz CT molecular complexity index is 958. The Morgan fingerprint density at radius 3 is 2.85 bits per heavy atom. The Morgan fingerprint density at radius 1 is 1.19 bits per heavy atom. The van der Waals surface area contributed by atoms with Crippen LogP contribution in [0.4, 0.5) is 5.82 Å². The van der Waals surface area contributed by atoms with Crippen molar-refractivity contribution in [3.05, 3.63) is 83.1 Å². The number of anilines is 1. The van der Waals surface area contributed by atoms with Crippen molar-refractivity contribution in [2.24, 2.45) is 0 Å². The van der Waals surface area contributed by atoms with E-state index in [1.165, 1.54) is 11.3 Å². The van der Waals surface area contributed by atoms with Gasteiger partial charge in [0.1, 0.15) is 5.82 Å². The molecule has 0 radical (unpaired) electrons. The number of rotatable bonds is 4. The highest BCUT2D eigenvalue weighted by molar-refractivity contribution is 5.94. The minimum atomic E-state index is -0.123. The fourth-order valence-corrected chi connectivity index (χ4v) is 3.35. The zero-order valence-corrected chi connectivity index (χ0v) is 15.2. The van der Waals surface area contributed by atoms with Gasteiger partial charge in [0.2, 0.25) is 0 Å². The Morgan fingerprint density at radius 2 is 2.04 bits per heavy atom. The zero-order chi connectivity index (χ0) is 18.6. The first-order valence-electron chi connectivity index (χ1n) is 9.02. The third kappa shape index (κ3) is 3.79. The molecule has 6 nitrogen and oxygen atoms in total. The van der Waals surface area contributed by atoms with Crippen LogP contribution in [0.1, 0.15) is 32.7 Å². The molecule has 0 saturated heterocycles. The van der Waals surface area contributed by atoms with E-state index in [4.69, 9.17) is 0 Å². The van der Waals surface area contributed by atoms with E-state index in [0.29, 0.717) is 12.1 Å². The monoisotopic (exact) mass is 359 g/mol. The van der Waals surface area contributed by atoms with Gasteiger partial charge in [-0.1, -0.05) is 6.07 Å². The van der Waals surface area contributed by atoms with Gasteiger partial charge in [0.05, 0.1) is 5.56 Å². The molecule has 136 valence electrons. The molecule has 4 heterocycles. The van der Waals surface area contributed by atoms with Gasteiger partial charge in [-0.3, -0.25) is 14.8 Å². The molecule has 0 bridgehead atoms. The van der Waals surface area contributed by atoms with Crippen molar-refractivity contribution in [1.82, 2.24) is 20.3 Å². The van der Waals surface area contributed by atoms with E-state index in [1.807, 2.05) is 37.4 Å². The van der Waals surface area contributed by atoms with Gasteiger partial charge in [-0.05, 0) is 47.9 Å². The molecule has 1 amide bonds. The average Bonchev–Trinajstić information content (AvgIpc) is 2.72. The van der Waals surface area contributed by atoms with E-state index in [2.05, 4.69) is 31.2 Å². The predicted octanol–water partition coefficient (Wildman–Crippen LogP) is 2.67.